The van der Waals surface area contributed by atoms with Crippen molar-refractivity contribution in [2.45, 2.75) is 6.92 Å². The molecule has 2 nitrogen and oxygen atoms in total. The van der Waals surface area contributed by atoms with Gasteiger partial charge in [0.25, 0.3) is 0 Å². The number of ketones is 1. The number of pyridine rings is 1. The molecule has 23 heavy (non-hydrogen) atoms. The van der Waals surface area contributed by atoms with Gasteiger partial charge >= 0.3 is 0 Å². The SMILES string of the molecule is Cc1c2c(cc3ccccc13)C(=O)c1cc3ccccc3nc1-2. The summed E-state index contributed by atoms with van der Waals surface area (Å²) in [6.07, 6.45) is 0. The Bertz CT molecular complexity index is 1140. The second-order valence-electron chi connectivity index (χ2n) is 6.05. The number of nitrogens with zero attached hydrogens (tertiary/aromatic N) is 1. The maximum Gasteiger partial charge on any atom is 0.195 e. The van der Waals surface area contributed by atoms with Crippen LogP contribution in [0.4, 0.5) is 0 Å². The third-order valence-electron chi connectivity index (χ3n) is 4.76. The normalized spacial score (nSPS) is 12.7. The average Bonchev–Trinajstić information content (AvgIpc) is 2.86. The summed E-state index contributed by atoms with van der Waals surface area (Å²) < 4.78 is 0. The number of carbonyl (C=O) groups excluding carboxylic acids is 1. The summed E-state index contributed by atoms with van der Waals surface area (Å²) in [5.74, 6) is 0.0853. The largest absolute Gasteiger partial charge is 0.289 e. The van der Waals surface area contributed by atoms with Crippen LogP contribution >= 0.6 is 0 Å². The number of aromatic nitrogens is 1. The van der Waals surface area contributed by atoms with Gasteiger partial charge in [0.15, 0.2) is 5.78 Å². The van der Waals surface area contributed by atoms with Gasteiger partial charge in [-0.1, -0.05) is 42.5 Å². The Morgan fingerprint density at radius 3 is 2.39 bits per heavy atom. The molecule has 0 saturated carbocycles. The molecule has 0 saturated heterocycles. The number of para-hydroxylation sites is 1. The number of aryl methyl sites for hydroxylation is 1. The molecule has 4 aromatic rings. The summed E-state index contributed by atoms with van der Waals surface area (Å²) in [5.41, 5.74) is 5.38. The van der Waals surface area contributed by atoms with Crippen LogP contribution in [0.15, 0.2) is 60.7 Å². The first-order valence-electron chi connectivity index (χ1n) is 7.71. The molecular weight excluding hydrogens is 282 g/mol. The van der Waals surface area contributed by atoms with Crippen LogP contribution in [0.5, 0.6) is 0 Å². The van der Waals surface area contributed by atoms with Crippen molar-refractivity contribution in [1.29, 1.82) is 0 Å². The van der Waals surface area contributed by atoms with Gasteiger partial charge in [-0.05, 0) is 41.5 Å². The fraction of sp³-hybridized carbons (Fsp3) is 0.0476. The van der Waals surface area contributed by atoms with Crippen LogP contribution in [0.2, 0.25) is 0 Å². The van der Waals surface area contributed by atoms with Crippen LogP contribution < -0.4 is 0 Å². The van der Waals surface area contributed by atoms with E-state index in [1.807, 2.05) is 48.5 Å². The monoisotopic (exact) mass is 295 g/mol. The highest BCUT2D eigenvalue weighted by Crippen LogP contribution is 2.41. The zero-order valence-corrected chi connectivity index (χ0v) is 12.6. The molecule has 0 spiro atoms. The fourth-order valence-electron chi connectivity index (χ4n) is 3.64. The molecule has 5 rings (SSSR count). The molecule has 0 radical (unpaired) electrons. The van der Waals surface area contributed by atoms with Crippen molar-refractivity contribution in [2.24, 2.45) is 0 Å². The molecule has 0 N–H and O–H groups in total. The molecule has 0 aliphatic heterocycles. The predicted octanol–water partition coefficient (Wildman–Crippen LogP) is 4.91. The first-order chi connectivity index (χ1) is 11.2. The Kier molecular flexibility index (Phi) is 2.32. The Labute approximate surface area is 133 Å². The third-order valence-corrected chi connectivity index (χ3v) is 4.76. The number of hydrogen-bond donors (Lipinski definition) is 0. The number of rotatable bonds is 0. The first kappa shape index (κ1) is 12.5. The van der Waals surface area contributed by atoms with Gasteiger partial charge in [-0.3, -0.25) is 4.79 Å². The summed E-state index contributed by atoms with van der Waals surface area (Å²) in [6, 6.07) is 20.1. The Morgan fingerprint density at radius 1 is 0.826 bits per heavy atom. The molecule has 108 valence electrons. The predicted molar refractivity (Wildman–Crippen MR) is 92.9 cm³/mol. The molecule has 2 heteroatoms. The quantitative estimate of drug-likeness (QED) is 0.406. The first-order valence-corrected chi connectivity index (χ1v) is 7.71. The van der Waals surface area contributed by atoms with Crippen molar-refractivity contribution >= 4 is 27.5 Å². The van der Waals surface area contributed by atoms with E-state index in [-0.39, 0.29) is 5.78 Å². The molecule has 1 heterocycles. The molecule has 1 aliphatic carbocycles. The molecule has 0 amide bonds. The van der Waals surface area contributed by atoms with E-state index in [9.17, 15) is 4.79 Å². The summed E-state index contributed by atoms with van der Waals surface area (Å²) in [4.78, 5) is 17.7. The van der Waals surface area contributed by atoms with Crippen molar-refractivity contribution in [1.82, 2.24) is 4.98 Å². The topological polar surface area (TPSA) is 30.0 Å². The van der Waals surface area contributed by atoms with Crippen LogP contribution in [0.25, 0.3) is 32.9 Å². The van der Waals surface area contributed by atoms with E-state index in [1.165, 1.54) is 5.39 Å². The van der Waals surface area contributed by atoms with Crippen molar-refractivity contribution in [2.75, 3.05) is 0 Å². The van der Waals surface area contributed by atoms with Crippen LogP contribution in [0.1, 0.15) is 21.5 Å². The van der Waals surface area contributed by atoms with Crippen LogP contribution in [-0.4, -0.2) is 10.8 Å². The van der Waals surface area contributed by atoms with E-state index in [1.54, 1.807) is 0 Å². The Balaban J connectivity index is 1.94. The van der Waals surface area contributed by atoms with E-state index in [0.717, 1.165) is 44.2 Å². The Hall–Kier alpha value is -3.00. The highest BCUT2D eigenvalue weighted by Gasteiger charge is 2.30. The minimum Gasteiger partial charge on any atom is -0.289 e. The zero-order chi connectivity index (χ0) is 15.6. The molecule has 0 fully saturated rings. The van der Waals surface area contributed by atoms with E-state index < -0.39 is 0 Å². The molecule has 1 aromatic heterocycles. The van der Waals surface area contributed by atoms with Gasteiger partial charge in [0.2, 0.25) is 0 Å². The molecule has 3 aromatic carbocycles. The summed E-state index contributed by atoms with van der Waals surface area (Å²) >= 11 is 0. The number of benzene rings is 3. The summed E-state index contributed by atoms with van der Waals surface area (Å²) in [5, 5.41) is 3.30. The highest BCUT2D eigenvalue weighted by atomic mass is 16.1. The van der Waals surface area contributed by atoms with E-state index in [2.05, 4.69) is 19.1 Å². The second-order valence-corrected chi connectivity index (χ2v) is 6.05. The number of hydrogen-bond acceptors (Lipinski definition) is 2. The van der Waals surface area contributed by atoms with Crippen LogP contribution in [0.3, 0.4) is 0 Å². The van der Waals surface area contributed by atoms with Gasteiger partial charge in [-0.25, -0.2) is 4.98 Å². The summed E-state index contributed by atoms with van der Waals surface area (Å²) in [7, 11) is 0. The van der Waals surface area contributed by atoms with Gasteiger partial charge < -0.3 is 0 Å². The minimum atomic E-state index is 0.0853. The maximum absolute atomic E-state index is 12.9. The Morgan fingerprint density at radius 2 is 1.52 bits per heavy atom. The molecule has 0 atom stereocenters. The van der Waals surface area contributed by atoms with Crippen molar-refractivity contribution in [3.8, 4) is 11.3 Å². The summed E-state index contributed by atoms with van der Waals surface area (Å²) in [6.45, 7) is 2.08. The molecule has 0 bridgehead atoms. The zero-order valence-electron chi connectivity index (χ0n) is 12.6. The standard InChI is InChI=1S/C21H13NO/c1-12-15-8-4-2-6-13(15)10-16-19(12)20-17(21(16)23)11-14-7-3-5-9-18(14)22-20/h2-11H,1H3. The van der Waals surface area contributed by atoms with Gasteiger partial charge in [-0.15, -0.1) is 0 Å². The lowest BCUT2D eigenvalue weighted by molar-refractivity contribution is 0.104. The van der Waals surface area contributed by atoms with Crippen LogP contribution in [-0.2, 0) is 0 Å². The number of fused-ring (bicyclic) bond motifs is 5. The van der Waals surface area contributed by atoms with E-state index in [0.29, 0.717) is 0 Å². The third kappa shape index (κ3) is 1.58. The lowest BCUT2D eigenvalue weighted by Crippen LogP contribution is -1.96. The van der Waals surface area contributed by atoms with Gasteiger partial charge in [0, 0.05) is 22.1 Å². The highest BCUT2D eigenvalue weighted by molar-refractivity contribution is 6.24. The van der Waals surface area contributed by atoms with Gasteiger partial charge in [0.1, 0.15) is 0 Å². The smallest absolute Gasteiger partial charge is 0.195 e. The lowest BCUT2D eigenvalue weighted by atomic mass is 9.96. The average molecular weight is 295 g/mol. The lowest BCUT2D eigenvalue weighted by Gasteiger charge is -2.09. The van der Waals surface area contributed by atoms with Crippen molar-refractivity contribution < 1.29 is 4.79 Å². The molecular formula is C21H13NO. The maximum atomic E-state index is 12.9. The van der Waals surface area contributed by atoms with E-state index in [4.69, 9.17) is 4.98 Å². The molecule has 1 aliphatic rings. The number of carbonyl (C=O) groups is 1. The van der Waals surface area contributed by atoms with Crippen molar-refractivity contribution in [3.63, 3.8) is 0 Å². The minimum absolute atomic E-state index is 0.0853. The van der Waals surface area contributed by atoms with E-state index >= 15 is 0 Å². The van der Waals surface area contributed by atoms with Gasteiger partial charge in [-0.2, -0.15) is 0 Å². The van der Waals surface area contributed by atoms with Crippen molar-refractivity contribution in [3.05, 3.63) is 77.4 Å². The second kappa shape index (κ2) is 4.26. The van der Waals surface area contributed by atoms with Crippen LogP contribution in [0, 0.1) is 6.92 Å². The molecule has 0 unspecified atom stereocenters. The van der Waals surface area contributed by atoms with Gasteiger partial charge in [0.05, 0.1) is 11.2 Å². The fourth-order valence-corrected chi connectivity index (χ4v) is 3.64.